The van der Waals surface area contributed by atoms with Gasteiger partial charge in [-0.2, -0.15) is 0 Å². The van der Waals surface area contributed by atoms with Crippen molar-refractivity contribution in [2.24, 2.45) is 0 Å². The van der Waals surface area contributed by atoms with Crippen LogP contribution in [-0.2, 0) is 22.7 Å². The second-order valence-corrected chi connectivity index (χ2v) is 6.06. The fourth-order valence-electron chi connectivity index (χ4n) is 2.20. The second-order valence-electron chi connectivity index (χ2n) is 6.06. The number of nitrogens with one attached hydrogen (secondary N) is 1. The van der Waals surface area contributed by atoms with E-state index in [1.54, 1.807) is 0 Å². The van der Waals surface area contributed by atoms with E-state index >= 15 is 0 Å². The topological polar surface area (TPSA) is 47.6 Å². The standard InChI is InChI=1S/C20H25NO3/c1-15(2)23-13-18-8-5-7-17(11-18)12-21-20(22)14-24-19-9-4-6-16(3)10-19/h4-11,15H,12-14H2,1-3H3,(H,21,22). The summed E-state index contributed by atoms with van der Waals surface area (Å²) in [6.45, 7) is 7.08. The highest BCUT2D eigenvalue weighted by Gasteiger charge is 2.04. The summed E-state index contributed by atoms with van der Waals surface area (Å²) in [5.74, 6) is 0.568. The van der Waals surface area contributed by atoms with Crippen molar-refractivity contribution in [1.82, 2.24) is 5.32 Å². The van der Waals surface area contributed by atoms with E-state index in [-0.39, 0.29) is 18.6 Å². The van der Waals surface area contributed by atoms with E-state index in [9.17, 15) is 4.79 Å². The van der Waals surface area contributed by atoms with Crippen molar-refractivity contribution in [3.8, 4) is 5.75 Å². The zero-order valence-corrected chi connectivity index (χ0v) is 14.5. The summed E-state index contributed by atoms with van der Waals surface area (Å²) in [6, 6.07) is 15.7. The van der Waals surface area contributed by atoms with Crippen LogP contribution in [0.2, 0.25) is 0 Å². The number of benzene rings is 2. The maximum atomic E-state index is 11.9. The summed E-state index contributed by atoms with van der Waals surface area (Å²) in [6.07, 6.45) is 0.201. The Morgan fingerprint density at radius 3 is 2.58 bits per heavy atom. The summed E-state index contributed by atoms with van der Waals surface area (Å²) in [7, 11) is 0. The molecule has 0 radical (unpaired) electrons. The van der Waals surface area contributed by atoms with Gasteiger partial charge in [0, 0.05) is 6.54 Å². The van der Waals surface area contributed by atoms with Crippen LogP contribution in [0.3, 0.4) is 0 Å². The molecular weight excluding hydrogens is 302 g/mol. The maximum Gasteiger partial charge on any atom is 0.258 e. The molecule has 0 aromatic heterocycles. The van der Waals surface area contributed by atoms with Gasteiger partial charge >= 0.3 is 0 Å². The molecule has 4 nitrogen and oxygen atoms in total. The molecule has 0 saturated heterocycles. The number of carbonyl (C=O) groups is 1. The normalized spacial score (nSPS) is 10.7. The number of amides is 1. The fraction of sp³-hybridized carbons (Fsp3) is 0.350. The molecule has 0 bridgehead atoms. The van der Waals surface area contributed by atoms with Gasteiger partial charge in [-0.15, -0.1) is 0 Å². The van der Waals surface area contributed by atoms with Crippen molar-refractivity contribution < 1.29 is 14.3 Å². The van der Waals surface area contributed by atoms with Gasteiger partial charge in [0.05, 0.1) is 12.7 Å². The SMILES string of the molecule is Cc1cccc(OCC(=O)NCc2cccc(COC(C)C)c2)c1. The number of hydrogen-bond acceptors (Lipinski definition) is 3. The Morgan fingerprint density at radius 1 is 1.08 bits per heavy atom. The van der Waals surface area contributed by atoms with Gasteiger partial charge in [0.25, 0.3) is 5.91 Å². The third-order valence-corrected chi connectivity index (χ3v) is 3.42. The molecule has 0 saturated carbocycles. The molecule has 2 rings (SSSR count). The van der Waals surface area contributed by atoms with Gasteiger partial charge in [0.2, 0.25) is 0 Å². The highest BCUT2D eigenvalue weighted by molar-refractivity contribution is 5.77. The van der Waals surface area contributed by atoms with Crippen LogP contribution >= 0.6 is 0 Å². The molecular formula is C20H25NO3. The first-order valence-corrected chi connectivity index (χ1v) is 8.18. The van der Waals surface area contributed by atoms with Crippen LogP contribution in [0.1, 0.15) is 30.5 Å². The molecule has 0 aliphatic heterocycles. The lowest BCUT2D eigenvalue weighted by Crippen LogP contribution is -2.28. The van der Waals surface area contributed by atoms with Crippen LogP contribution in [-0.4, -0.2) is 18.6 Å². The largest absolute Gasteiger partial charge is 0.484 e. The van der Waals surface area contributed by atoms with Crippen molar-refractivity contribution >= 4 is 5.91 Å². The average molecular weight is 327 g/mol. The Labute approximate surface area is 143 Å². The number of ether oxygens (including phenoxy) is 2. The van der Waals surface area contributed by atoms with Gasteiger partial charge < -0.3 is 14.8 Å². The first kappa shape index (κ1) is 18.0. The predicted molar refractivity (Wildman–Crippen MR) is 94.9 cm³/mol. The van der Waals surface area contributed by atoms with E-state index in [4.69, 9.17) is 9.47 Å². The molecule has 0 spiro atoms. The first-order chi connectivity index (χ1) is 11.5. The maximum absolute atomic E-state index is 11.9. The second kappa shape index (κ2) is 9.08. The summed E-state index contributed by atoms with van der Waals surface area (Å²) in [5, 5.41) is 2.87. The van der Waals surface area contributed by atoms with Crippen molar-refractivity contribution in [2.45, 2.75) is 40.0 Å². The number of aryl methyl sites for hydroxylation is 1. The van der Waals surface area contributed by atoms with Gasteiger partial charge in [-0.3, -0.25) is 4.79 Å². The summed E-state index contributed by atoms with van der Waals surface area (Å²) in [5.41, 5.74) is 3.25. The average Bonchev–Trinajstić information content (AvgIpc) is 2.57. The summed E-state index contributed by atoms with van der Waals surface area (Å²) < 4.78 is 11.1. The van der Waals surface area contributed by atoms with E-state index in [1.807, 2.05) is 69.3 Å². The minimum atomic E-state index is -0.139. The van der Waals surface area contributed by atoms with Gasteiger partial charge in [0.15, 0.2) is 6.61 Å². The lowest BCUT2D eigenvalue weighted by atomic mass is 10.1. The van der Waals surface area contributed by atoms with Gasteiger partial charge in [-0.05, 0) is 49.6 Å². The lowest BCUT2D eigenvalue weighted by molar-refractivity contribution is -0.123. The van der Waals surface area contributed by atoms with E-state index < -0.39 is 0 Å². The third-order valence-electron chi connectivity index (χ3n) is 3.42. The first-order valence-electron chi connectivity index (χ1n) is 8.18. The smallest absolute Gasteiger partial charge is 0.258 e. The molecule has 0 fully saturated rings. The molecule has 0 heterocycles. The Morgan fingerprint density at radius 2 is 1.83 bits per heavy atom. The Bertz CT molecular complexity index is 667. The molecule has 2 aromatic rings. The highest BCUT2D eigenvalue weighted by atomic mass is 16.5. The van der Waals surface area contributed by atoms with E-state index in [0.29, 0.717) is 18.9 Å². The fourth-order valence-corrected chi connectivity index (χ4v) is 2.20. The summed E-state index contributed by atoms with van der Waals surface area (Å²) >= 11 is 0. The highest BCUT2D eigenvalue weighted by Crippen LogP contribution is 2.12. The van der Waals surface area contributed by atoms with Gasteiger partial charge in [0.1, 0.15) is 5.75 Å². The van der Waals surface area contributed by atoms with Crippen LogP contribution < -0.4 is 10.1 Å². The number of carbonyl (C=O) groups excluding carboxylic acids is 1. The van der Waals surface area contributed by atoms with E-state index in [0.717, 1.165) is 16.7 Å². The van der Waals surface area contributed by atoms with Crippen LogP contribution in [0.25, 0.3) is 0 Å². The zero-order valence-electron chi connectivity index (χ0n) is 14.5. The Hall–Kier alpha value is -2.33. The van der Waals surface area contributed by atoms with Crippen molar-refractivity contribution in [1.29, 1.82) is 0 Å². The molecule has 0 aliphatic rings. The van der Waals surface area contributed by atoms with E-state index in [2.05, 4.69) is 5.32 Å². The van der Waals surface area contributed by atoms with Crippen LogP contribution in [0.4, 0.5) is 0 Å². The van der Waals surface area contributed by atoms with Crippen LogP contribution in [0.15, 0.2) is 48.5 Å². The van der Waals surface area contributed by atoms with E-state index in [1.165, 1.54) is 0 Å². The number of hydrogen-bond donors (Lipinski definition) is 1. The molecule has 4 heteroatoms. The Balaban J connectivity index is 1.78. The van der Waals surface area contributed by atoms with Gasteiger partial charge in [-0.25, -0.2) is 0 Å². The molecule has 1 amide bonds. The molecule has 128 valence electrons. The lowest BCUT2D eigenvalue weighted by Gasteiger charge is -2.10. The van der Waals surface area contributed by atoms with Crippen molar-refractivity contribution in [2.75, 3.05) is 6.61 Å². The Kier molecular flexibility index (Phi) is 6.82. The summed E-state index contributed by atoms with van der Waals surface area (Å²) in [4.78, 5) is 11.9. The predicted octanol–water partition coefficient (Wildman–Crippen LogP) is 3.62. The third kappa shape index (κ3) is 6.42. The molecule has 0 atom stereocenters. The zero-order chi connectivity index (χ0) is 17.4. The minimum absolute atomic E-state index is 0.0135. The van der Waals surface area contributed by atoms with Crippen molar-refractivity contribution in [3.05, 3.63) is 65.2 Å². The molecule has 2 aromatic carbocycles. The molecule has 1 N–H and O–H groups in total. The quantitative estimate of drug-likeness (QED) is 0.805. The molecule has 0 unspecified atom stereocenters. The van der Waals surface area contributed by atoms with Crippen LogP contribution in [0, 0.1) is 6.92 Å². The monoisotopic (exact) mass is 327 g/mol. The van der Waals surface area contributed by atoms with Crippen molar-refractivity contribution in [3.63, 3.8) is 0 Å². The number of rotatable bonds is 8. The van der Waals surface area contributed by atoms with Crippen LogP contribution in [0.5, 0.6) is 5.75 Å². The molecule has 24 heavy (non-hydrogen) atoms. The minimum Gasteiger partial charge on any atom is -0.484 e. The molecule has 0 aliphatic carbocycles. The van der Waals surface area contributed by atoms with Gasteiger partial charge in [-0.1, -0.05) is 36.4 Å².